The molecule has 3 nitrogen and oxygen atoms in total. The third kappa shape index (κ3) is 1.24. The van der Waals surface area contributed by atoms with Crippen molar-refractivity contribution in [3.63, 3.8) is 0 Å². The lowest BCUT2D eigenvalue weighted by molar-refractivity contribution is 0.0691. The second kappa shape index (κ2) is 3.23. The van der Waals surface area contributed by atoms with Crippen molar-refractivity contribution >= 4 is 49.2 Å². The van der Waals surface area contributed by atoms with E-state index >= 15 is 0 Å². The zero-order valence-electron chi connectivity index (χ0n) is 7.95. The number of halogens is 1. The van der Waals surface area contributed by atoms with Crippen LogP contribution in [0.3, 0.4) is 0 Å². The normalized spacial score (nSPS) is 11.3. The highest BCUT2D eigenvalue weighted by atomic mass is 35.5. The fourth-order valence-electron chi connectivity index (χ4n) is 1.75. The molecule has 3 aromatic rings. The van der Waals surface area contributed by atoms with Gasteiger partial charge in [-0.05, 0) is 12.1 Å². The number of H-pyrrole nitrogens is 1. The van der Waals surface area contributed by atoms with Crippen LogP contribution in [0.25, 0.3) is 20.3 Å². The molecule has 2 N–H and O–H groups in total. The van der Waals surface area contributed by atoms with Crippen molar-refractivity contribution in [3.05, 3.63) is 35.0 Å². The molecule has 0 atom stereocenters. The van der Waals surface area contributed by atoms with Crippen LogP contribution in [0.5, 0.6) is 0 Å². The highest BCUT2D eigenvalue weighted by molar-refractivity contribution is 7.26. The summed E-state index contributed by atoms with van der Waals surface area (Å²) in [4.78, 5) is 13.7. The molecule has 0 bridgehead atoms. The molecular weight excluding hydrogens is 246 g/mol. The zero-order chi connectivity index (χ0) is 11.3. The van der Waals surface area contributed by atoms with Gasteiger partial charge in [-0.15, -0.1) is 11.3 Å². The molecule has 16 heavy (non-hydrogen) atoms. The molecule has 0 spiro atoms. The van der Waals surface area contributed by atoms with Gasteiger partial charge >= 0.3 is 5.97 Å². The highest BCUT2D eigenvalue weighted by Gasteiger charge is 2.13. The van der Waals surface area contributed by atoms with E-state index in [1.807, 2.05) is 18.2 Å². The average molecular weight is 252 g/mol. The van der Waals surface area contributed by atoms with E-state index in [4.69, 9.17) is 16.7 Å². The van der Waals surface area contributed by atoms with Crippen molar-refractivity contribution in [2.24, 2.45) is 0 Å². The molecule has 0 saturated carbocycles. The fraction of sp³-hybridized carbons (Fsp3) is 0. The number of fused-ring (bicyclic) bond motifs is 3. The summed E-state index contributed by atoms with van der Waals surface area (Å²) in [5.41, 5.74) is 1.06. The van der Waals surface area contributed by atoms with E-state index in [2.05, 4.69) is 4.98 Å². The predicted molar refractivity (Wildman–Crippen MR) is 65.7 cm³/mol. The Labute approximate surface area is 99.3 Å². The Kier molecular flexibility index (Phi) is 1.96. The summed E-state index contributed by atoms with van der Waals surface area (Å²) < 4.78 is 1.91. The first-order valence-electron chi connectivity index (χ1n) is 4.60. The van der Waals surface area contributed by atoms with E-state index < -0.39 is 5.97 Å². The Morgan fingerprint density at radius 1 is 1.44 bits per heavy atom. The Hall–Kier alpha value is -1.52. The van der Waals surface area contributed by atoms with Crippen LogP contribution in [0, 0.1) is 0 Å². The predicted octanol–water partition coefficient (Wildman–Crippen LogP) is 3.73. The monoisotopic (exact) mass is 251 g/mol. The molecule has 0 saturated heterocycles. The van der Waals surface area contributed by atoms with Crippen LogP contribution in [0.15, 0.2) is 24.3 Å². The molecule has 0 fully saturated rings. The Morgan fingerprint density at radius 3 is 3.00 bits per heavy atom. The summed E-state index contributed by atoms with van der Waals surface area (Å²) in [6.45, 7) is 0. The Morgan fingerprint density at radius 2 is 2.25 bits per heavy atom. The van der Waals surface area contributed by atoms with Crippen LogP contribution in [-0.2, 0) is 0 Å². The molecule has 5 heteroatoms. The summed E-state index contributed by atoms with van der Waals surface area (Å²) in [5.74, 6) is -0.946. The first kappa shape index (κ1) is 9.69. The molecule has 2 aromatic heterocycles. The van der Waals surface area contributed by atoms with Crippen molar-refractivity contribution < 1.29 is 9.90 Å². The zero-order valence-corrected chi connectivity index (χ0v) is 9.52. The van der Waals surface area contributed by atoms with E-state index in [9.17, 15) is 4.79 Å². The maximum absolute atomic E-state index is 10.8. The lowest BCUT2D eigenvalue weighted by Gasteiger charge is -1.92. The number of thiophene rings is 1. The van der Waals surface area contributed by atoms with E-state index in [0.717, 1.165) is 20.3 Å². The van der Waals surface area contributed by atoms with Crippen LogP contribution >= 0.6 is 22.9 Å². The van der Waals surface area contributed by atoms with Crippen LogP contribution < -0.4 is 0 Å². The van der Waals surface area contributed by atoms with Gasteiger partial charge in [-0.2, -0.15) is 0 Å². The summed E-state index contributed by atoms with van der Waals surface area (Å²) in [7, 11) is 0. The van der Waals surface area contributed by atoms with E-state index in [0.29, 0.717) is 5.02 Å². The molecule has 3 rings (SSSR count). The van der Waals surface area contributed by atoms with Gasteiger partial charge in [0.2, 0.25) is 0 Å². The lowest BCUT2D eigenvalue weighted by atomic mass is 10.2. The van der Waals surface area contributed by atoms with Gasteiger partial charge in [0.15, 0.2) is 0 Å². The standard InChI is InChI=1S/C11H6ClNO2S/c12-6-3-1-2-5-9-8(16-10(5)6)4-7(13-9)11(14)15/h1-4,13H,(H,14,15). The van der Waals surface area contributed by atoms with Gasteiger partial charge in [-0.1, -0.05) is 23.7 Å². The Balaban J connectivity index is 2.43. The average Bonchev–Trinajstić information content (AvgIpc) is 2.76. The van der Waals surface area contributed by atoms with Crippen LogP contribution in [-0.4, -0.2) is 16.1 Å². The van der Waals surface area contributed by atoms with Crippen LogP contribution in [0.2, 0.25) is 5.02 Å². The lowest BCUT2D eigenvalue weighted by Crippen LogP contribution is -1.94. The minimum absolute atomic E-state index is 0.211. The quantitative estimate of drug-likeness (QED) is 0.692. The summed E-state index contributed by atoms with van der Waals surface area (Å²) in [6.07, 6.45) is 0. The molecule has 0 aliphatic heterocycles. The van der Waals surface area contributed by atoms with Crippen molar-refractivity contribution in [2.75, 3.05) is 0 Å². The number of benzene rings is 1. The molecule has 0 aliphatic rings. The van der Waals surface area contributed by atoms with Gasteiger partial charge in [-0.25, -0.2) is 4.79 Å². The van der Waals surface area contributed by atoms with Crippen molar-refractivity contribution in [3.8, 4) is 0 Å². The number of carbonyl (C=O) groups is 1. The second-order valence-electron chi connectivity index (χ2n) is 3.45. The maximum atomic E-state index is 10.8. The topological polar surface area (TPSA) is 53.1 Å². The molecule has 0 aliphatic carbocycles. The highest BCUT2D eigenvalue weighted by Crippen LogP contribution is 2.37. The molecule has 0 amide bonds. The molecule has 1 aromatic carbocycles. The Bertz CT molecular complexity index is 713. The van der Waals surface area contributed by atoms with Crippen LogP contribution in [0.4, 0.5) is 0 Å². The van der Waals surface area contributed by atoms with E-state index in [1.54, 1.807) is 6.07 Å². The second-order valence-corrected chi connectivity index (χ2v) is 4.91. The summed E-state index contributed by atoms with van der Waals surface area (Å²) in [6, 6.07) is 7.26. The number of aromatic amines is 1. The van der Waals surface area contributed by atoms with Gasteiger partial charge < -0.3 is 10.1 Å². The van der Waals surface area contributed by atoms with E-state index in [-0.39, 0.29) is 5.69 Å². The number of rotatable bonds is 1. The number of aromatic nitrogens is 1. The van der Waals surface area contributed by atoms with E-state index in [1.165, 1.54) is 11.3 Å². The SMILES string of the molecule is O=C(O)c1cc2sc3c(Cl)cccc3c2[nH]1. The third-order valence-electron chi connectivity index (χ3n) is 2.46. The minimum atomic E-state index is -0.946. The number of hydrogen-bond donors (Lipinski definition) is 2. The van der Waals surface area contributed by atoms with Gasteiger partial charge in [0, 0.05) is 5.39 Å². The van der Waals surface area contributed by atoms with Crippen LogP contribution in [0.1, 0.15) is 10.5 Å². The number of aromatic carboxylic acids is 1. The fourth-order valence-corrected chi connectivity index (χ4v) is 3.15. The maximum Gasteiger partial charge on any atom is 0.352 e. The number of nitrogens with one attached hydrogen (secondary N) is 1. The van der Waals surface area contributed by atoms with Crippen molar-refractivity contribution in [1.82, 2.24) is 4.98 Å². The van der Waals surface area contributed by atoms with Crippen molar-refractivity contribution in [2.45, 2.75) is 0 Å². The number of hydrogen-bond acceptors (Lipinski definition) is 2. The first-order valence-corrected chi connectivity index (χ1v) is 5.79. The summed E-state index contributed by atoms with van der Waals surface area (Å²) in [5, 5.41) is 10.5. The van der Waals surface area contributed by atoms with Gasteiger partial charge in [0.25, 0.3) is 0 Å². The molecular formula is C11H6ClNO2S. The first-order chi connectivity index (χ1) is 7.66. The number of carboxylic acid groups (broad SMARTS) is 1. The molecule has 0 radical (unpaired) electrons. The summed E-state index contributed by atoms with van der Waals surface area (Å²) >= 11 is 7.57. The largest absolute Gasteiger partial charge is 0.477 e. The minimum Gasteiger partial charge on any atom is -0.477 e. The molecule has 0 unspecified atom stereocenters. The molecule has 2 heterocycles. The van der Waals surface area contributed by atoms with Crippen molar-refractivity contribution in [1.29, 1.82) is 0 Å². The third-order valence-corrected chi connectivity index (χ3v) is 4.07. The smallest absolute Gasteiger partial charge is 0.352 e. The molecule has 80 valence electrons. The van der Waals surface area contributed by atoms with Gasteiger partial charge in [0.1, 0.15) is 5.69 Å². The number of carboxylic acids is 1. The van der Waals surface area contributed by atoms with Gasteiger partial charge in [-0.3, -0.25) is 0 Å². The van der Waals surface area contributed by atoms with Gasteiger partial charge in [0.05, 0.1) is 19.9 Å².